The Morgan fingerprint density at radius 3 is 2.81 bits per heavy atom. The second-order valence-corrected chi connectivity index (χ2v) is 6.68. The molecular weight excluding hydrogens is 326 g/mol. The second-order valence-electron chi connectivity index (χ2n) is 6.68. The van der Waals surface area contributed by atoms with Crippen molar-refractivity contribution in [1.29, 1.82) is 0 Å². The van der Waals surface area contributed by atoms with Gasteiger partial charge in [-0.25, -0.2) is 9.78 Å². The van der Waals surface area contributed by atoms with Crippen LogP contribution in [0.25, 0.3) is 0 Å². The summed E-state index contributed by atoms with van der Waals surface area (Å²) in [5.41, 5.74) is 2.11. The highest BCUT2D eigenvalue weighted by Crippen LogP contribution is 2.35. The molecule has 0 N–H and O–H groups in total. The zero-order valence-corrected chi connectivity index (χ0v) is 15.6. The summed E-state index contributed by atoms with van der Waals surface area (Å²) in [4.78, 5) is 21.3. The predicted octanol–water partition coefficient (Wildman–Crippen LogP) is 4.40. The van der Waals surface area contributed by atoms with Crippen molar-refractivity contribution < 1.29 is 9.53 Å². The van der Waals surface area contributed by atoms with E-state index in [1.54, 1.807) is 0 Å². The van der Waals surface area contributed by atoms with E-state index in [1.807, 2.05) is 54.5 Å². The number of anilines is 1. The van der Waals surface area contributed by atoms with Crippen molar-refractivity contribution in [2.45, 2.75) is 38.8 Å². The molecule has 1 aromatic heterocycles. The molecule has 2 heterocycles. The number of rotatable bonds is 5. The topological polar surface area (TPSA) is 45.7 Å². The molecule has 2 aromatic rings. The number of nitrogens with zero attached hydrogens (tertiary/aromatic N) is 3. The lowest BCUT2D eigenvalue weighted by Gasteiger charge is -2.36. The first kappa shape index (κ1) is 18.2. The molecule has 5 heteroatoms. The van der Waals surface area contributed by atoms with Crippen LogP contribution in [0.4, 0.5) is 10.6 Å². The van der Waals surface area contributed by atoms with Crippen molar-refractivity contribution in [1.82, 2.24) is 9.88 Å². The summed E-state index contributed by atoms with van der Waals surface area (Å²) in [7, 11) is 2.03. The molecule has 0 radical (unpaired) electrons. The number of hydrogen-bond acceptors (Lipinski definition) is 4. The Bertz CT molecular complexity index is 720. The maximum atomic E-state index is 12.8. The number of piperidine rings is 1. The molecule has 1 saturated heterocycles. The van der Waals surface area contributed by atoms with Crippen molar-refractivity contribution in [2.75, 3.05) is 25.0 Å². The van der Waals surface area contributed by atoms with Crippen LogP contribution in [0.3, 0.4) is 0 Å². The fourth-order valence-corrected chi connectivity index (χ4v) is 3.41. The van der Waals surface area contributed by atoms with Gasteiger partial charge in [0.25, 0.3) is 0 Å². The standard InChI is InChI=1S/C21H27N3O2/c1-3-23(2)20-18(12-9-14-22-20)19-13-7-8-15-24(19)21(25)26-16-17-10-5-4-6-11-17/h4-6,9-12,14,19H,3,7-8,13,15-16H2,1-2H3/t19-/m1/s1. The summed E-state index contributed by atoms with van der Waals surface area (Å²) < 4.78 is 5.60. The molecule has 0 spiro atoms. The van der Waals surface area contributed by atoms with E-state index in [9.17, 15) is 4.79 Å². The highest BCUT2D eigenvalue weighted by molar-refractivity contribution is 5.69. The van der Waals surface area contributed by atoms with Crippen molar-refractivity contribution in [2.24, 2.45) is 0 Å². The fraction of sp³-hybridized carbons (Fsp3) is 0.429. The van der Waals surface area contributed by atoms with Crippen LogP contribution >= 0.6 is 0 Å². The molecule has 0 aliphatic carbocycles. The second kappa shape index (κ2) is 8.70. The number of hydrogen-bond donors (Lipinski definition) is 0. The van der Waals surface area contributed by atoms with Gasteiger partial charge in [0, 0.05) is 31.9 Å². The highest BCUT2D eigenvalue weighted by atomic mass is 16.6. The van der Waals surface area contributed by atoms with Crippen LogP contribution in [0.5, 0.6) is 0 Å². The lowest BCUT2D eigenvalue weighted by atomic mass is 9.95. The first-order chi connectivity index (χ1) is 12.7. The fourth-order valence-electron chi connectivity index (χ4n) is 3.41. The molecule has 3 rings (SSSR count). The van der Waals surface area contributed by atoms with Crippen molar-refractivity contribution in [3.63, 3.8) is 0 Å². The van der Waals surface area contributed by atoms with Gasteiger partial charge in [0.05, 0.1) is 6.04 Å². The summed E-state index contributed by atoms with van der Waals surface area (Å²) in [5, 5.41) is 0. The minimum absolute atomic E-state index is 0.0183. The summed E-state index contributed by atoms with van der Waals surface area (Å²) in [6.07, 6.45) is 4.63. The molecule has 1 aromatic carbocycles. The third kappa shape index (κ3) is 4.15. The monoisotopic (exact) mass is 353 g/mol. The minimum atomic E-state index is -0.243. The van der Waals surface area contributed by atoms with Crippen molar-refractivity contribution in [3.8, 4) is 0 Å². The zero-order valence-electron chi connectivity index (χ0n) is 15.6. The first-order valence-corrected chi connectivity index (χ1v) is 9.34. The van der Waals surface area contributed by atoms with Gasteiger partial charge in [-0.2, -0.15) is 0 Å². The molecule has 0 saturated carbocycles. The Labute approximate surface area is 155 Å². The Kier molecular flexibility index (Phi) is 6.10. The van der Waals surface area contributed by atoms with Crippen LogP contribution in [-0.4, -0.2) is 36.1 Å². The maximum Gasteiger partial charge on any atom is 0.410 e. The Morgan fingerprint density at radius 2 is 2.04 bits per heavy atom. The van der Waals surface area contributed by atoms with Crippen LogP contribution in [0.15, 0.2) is 48.7 Å². The Morgan fingerprint density at radius 1 is 1.23 bits per heavy atom. The average Bonchev–Trinajstić information content (AvgIpc) is 2.72. The number of carbonyl (C=O) groups is 1. The molecule has 1 aliphatic rings. The molecule has 138 valence electrons. The third-order valence-corrected chi connectivity index (χ3v) is 4.95. The van der Waals surface area contributed by atoms with E-state index in [1.165, 1.54) is 0 Å². The highest BCUT2D eigenvalue weighted by Gasteiger charge is 2.31. The summed E-state index contributed by atoms with van der Waals surface area (Å²) in [6, 6.07) is 13.9. The van der Waals surface area contributed by atoms with Crippen molar-refractivity contribution >= 4 is 11.9 Å². The quantitative estimate of drug-likeness (QED) is 0.799. The van der Waals surface area contributed by atoms with E-state index >= 15 is 0 Å². The van der Waals surface area contributed by atoms with Crippen LogP contribution in [0.2, 0.25) is 0 Å². The van der Waals surface area contributed by atoms with E-state index < -0.39 is 0 Å². The molecule has 1 fully saturated rings. The van der Waals surface area contributed by atoms with Gasteiger partial charge in [0.15, 0.2) is 0 Å². The Balaban J connectivity index is 1.77. The van der Waals surface area contributed by atoms with E-state index in [2.05, 4.69) is 22.9 Å². The lowest BCUT2D eigenvalue weighted by Crippen LogP contribution is -2.39. The van der Waals surface area contributed by atoms with Crippen LogP contribution < -0.4 is 4.90 Å². The number of pyridine rings is 1. The van der Waals surface area contributed by atoms with E-state index in [-0.39, 0.29) is 12.1 Å². The van der Waals surface area contributed by atoms with Crippen LogP contribution in [-0.2, 0) is 11.3 Å². The number of amides is 1. The Hall–Kier alpha value is -2.56. The van der Waals surface area contributed by atoms with Gasteiger partial charge < -0.3 is 14.5 Å². The predicted molar refractivity (Wildman–Crippen MR) is 103 cm³/mol. The van der Waals surface area contributed by atoms with Gasteiger partial charge in [0.2, 0.25) is 0 Å². The third-order valence-electron chi connectivity index (χ3n) is 4.95. The molecule has 0 unspecified atom stereocenters. The molecule has 1 atom stereocenters. The number of likely N-dealkylation sites (tertiary alicyclic amines) is 1. The lowest BCUT2D eigenvalue weighted by molar-refractivity contribution is 0.0679. The molecule has 1 aliphatic heterocycles. The van der Waals surface area contributed by atoms with Gasteiger partial charge >= 0.3 is 6.09 Å². The molecule has 0 bridgehead atoms. The number of aromatic nitrogens is 1. The molecule has 5 nitrogen and oxygen atoms in total. The number of benzene rings is 1. The van der Waals surface area contributed by atoms with Gasteiger partial charge in [-0.3, -0.25) is 0 Å². The number of carbonyl (C=O) groups excluding carboxylic acids is 1. The van der Waals surface area contributed by atoms with Crippen LogP contribution in [0, 0.1) is 0 Å². The van der Waals surface area contributed by atoms with Gasteiger partial charge in [-0.1, -0.05) is 36.4 Å². The van der Waals surface area contributed by atoms with E-state index in [0.717, 1.165) is 49.3 Å². The zero-order chi connectivity index (χ0) is 18.4. The van der Waals surface area contributed by atoms with Gasteiger partial charge in [-0.05, 0) is 37.8 Å². The molecular formula is C21H27N3O2. The molecule has 26 heavy (non-hydrogen) atoms. The first-order valence-electron chi connectivity index (χ1n) is 9.34. The average molecular weight is 353 g/mol. The minimum Gasteiger partial charge on any atom is -0.445 e. The van der Waals surface area contributed by atoms with Crippen molar-refractivity contribution in [3.05, 3.63) is 59.8 Å². The van der Waals surface area contributed by atoms with Gasteiger partial charge in [0.1, 0.15) is 12.4 Å². The number of ether oxygens (including phenoxy) is 1. The normalized spacial score (nSPS) is 17.0. The van der Waals surface area contributed by atoms with Crippen LogP contribution in [0.1, 0.15) is 43.4 Å². The SMILES string of the molecule is CCN(C)c1ncccc1[C@H]1CCCCN1C(=O)OCc1ccccc1. The van der Waals surface area contributed by atoms with E-state index in [4.69, 9.17) is 4.74 Å². The summed E-state index contributed by atoms with van der Waals surface area (Å²) in [6.45, 7) is 4.00. The largest absolute Gasteiger partial charge is 0.445 e. The maximum absolute atomic E-state index is 12.8. The van der Waals surface area contributed by atoms with E-state index in [0.29, 0.717) is 6.61 Å². The van der Waals surface area contributed by atoms with Gasteiger partial charge in [-0.15, -0.1) is 0 Å². The summed E-state index contributed by atoms with van der Waals surface area (Å²) >= 11 is 0. The molecule has 1 amide bonds. The summed E-state index contributed by atoms with van der Waals surface area (Å²) in [5.74, 6) is 0.947. The smallest absolute Gasteiger partial charge is 0.410 e.